The van der Waals surface area contributed by atoms with E-state index in [1.54, 1.807) is 0 Å². The number of nitrogens with one attached hydrogen (secondary N) is 1. The van der Waals surface area contributed by atoms with Crippen LogP contribution in [0.5, 0.6) is 0 Å². The summed E-state index contributed by atoms with van der Waals surface area (Å²) in [6.45, 7) is 0.663. The van der Waals surface area contributed by atoms with Crippen molar-refractivity contribution in [2.24, 2.45) is 0 Å². The van der Waals surface area contributed by atoms with E-state index in [-0.39, 0.29) is 18.3 Å². The van der Waals surface area contributed by atoms with Crippen LogP contribution in [0.1, 0.15) is 17.0 Å². The van der Waals surface area contributed by atoms with Gasteiger partial charge < -0.3 is 15.2 Å². The first-order valence-corrected chi connectivity index (χ1v) is 9.20. The quantitative estimate of drug-likeness (QED) is 0.743. The molecule has 25 heavy (non-hydrogen) atoms. The molecule has 5 nitrogen and oxygen atoms in total. The van der Waals surface area contributed by atoms with Gasteiger partial charge in [0.15, 0.2) is 0 Å². The third kappa shape index (κ3) is 4.14. The van der Waals surface area contributed by atoms with Crippen molar-refractivity contribution in [1.29, 1.82) is 0 Å². The molecule has 3 rings (SSSR count). The molecule has 0 atom stereocenters. The Morgan fingerprint density at radius 3 is 2.24 bits per heavy atom. The molecule has 0 unspecified atom stereocenters. The molecule has 6 heteroatoms. The Balaban J connectivity index is 1.55. The van der Waals surface area contributed by atoms with Crippen molar-refractivity contribution in [3.05, 3.63) is 59.7 Å². The Labute approximate surface area is 150 Å². The van der Waals surface area contributed by atoms with Gasteiger partial charge in [-0.05, 0) is 22.3 Å². The van der Waals surface area contributed by atoms with Gasteiger partial charge in [0.25, 0.3) is 0 Å². The van der Waals surface area contributed by atoms with E-state index in [1.807, 2.05) is 24.3 Å². The van der Waals surface area contributed by atoms with Crippen LogP contribution in [0.25, 0.3) is 11.1 Å². The lowest BCUT2D eigenvalue weighted by Crippen LogP contribution is -2.28. The number of thioether (sulfide) groups is 1. The number of ether oxygens (including phenoxy) is 1. The van der Waals surface area contributed by atoms with Gasteiger partial charge in [0, 0.05) is 18.2 Å². The maximum atomic E-state index is 11.9. The van der Waals surface area contributed by atoms with Crippen LogP contribution in [0.3, 0.4) is 0 Å². The van der Waals surface area contributed by atoms with E-state index in [2.05, 4.69) is 29.6 Å². The molecule has 0 radical (unpaired) electrons. The molecular weight excluding hydrogens is 338 g/mol. The zero-order valence-electron chi connectivity index (χ0n) is 13.6. The summed E-state index contributed by atoms with van der Waals surface area (Å²) in [5, 5.41) is 11.2. The molecule has 0 bridgehead atoms. The highest BCUT2D eigenvalue weighted by Gasteiger charge is 2.28. The van der Waals surface area contributed by atoms with Gasteiger partial charge in [-0.2, -0.15) is 0 Å². The number of benzene rings is 2. The summed E-state index contributed by atoms with van der Waals surface area (Å²) in [5.41, 5.74) is 4.73. The number of fused-ring (bicyclic) bond motifs is 3. The van der Waals surface area contributed by atoms with E-state index in [0.717, 1.165) is 0 Å². The molecular formula is C19H19NO4S. The number of alkyl carbamates (subject to hydrolysis) is 1. The minimum absolute atomic E-state index is 0.0341. The molecule has 2 aromatic carbocycles. The molecule has 0 saturated heterocycles. The summed E-state index contributed by atoms with van der Waals surface area (Å²) in [5.74, 6) is -0.242. The number of hydrogen-bond acceptors (Lipinski definition) is 4. The van der Waals surface area contributed by atoms with Crippen LogP contribution >= 0.6 is 11.8 Å². The molecule has 0 aliphatic heterocycles. The van der Waals surface area contributed by atoms with Crippen LogP contribution in [-0.2, 0) is 9.53 Å². The summed E-state index contributed by atoms with van der Waals surface area (Å²) in [7, 11) is 0. The first-order valence-electron chi connectivity index (χ1n) is 8.05. The summed E-state index contributed by atoms with van der Waals surface area (Å²) < 4.78 is 5.39. The molecule has 0 spiro atoms. The van der Waals surface area contributed by atoms with Gasteiger partial charge in [-0.3, -0.25) is 4.79 Å². The highest BCUT2D eigenvalue weighted by atomic mass is 32.2. The lowest BCUT2D eigenvalue weighted by Gasteiger charge is -2.14. The predicted molar refractivity (Wildman–Crippen MR) is 98.0 cm³/mol. The van der Waals surface area contributed by atoms with Crippen molar-refractivity contribution < 1.29 is 19.4 Å². The number of carbonyl (C=O) groups excluding carboxylic acids is 1. The van der Waals surface area contributed by atoms with Crippen molar-refractivity contribution in [2.75, 3.05) is 24.7 Å². The monoisotopic (exact) mass is 357 g/mol. The molecule has 1 aliphatic carbocycles. The fourth-order valence-electron chi connectivity index (χ4n) is 3.03. The first-order chi connectivity index (χ1) is 12.2. The predicted octanol–water partition coefficient (Wildman–Crippen LogP) is 3.34. The summed E-state index contributed by atoms with van der Waals surface area (Å²) in [4.78, 5) is 22.3. The minimum atomic E-state index is -0.855. The van der Waals surface area contributed by atoms with Gasteiger partial charge in [0.2, 0.25) is 0 Å². The van der Waals surface area contributed by atoms with Crippen LogP contribution in [0, 0.1) is 0 Å². The summed E-state index contributed by atoms with van der Waals surface area (Å²) in [6.07, 6.45) is -0.474. The fourth-order valence-corrected chi connectivity index (χ4v) is 3.60. The molecule has 0 aromatic heterocycles. The Hall–Kier alpha value is -2.47. The van der Waals surface area contributed by atoms with Crippen LogP contribution < -0.4 is 5.32 Å². The fraction of sp³-hybridized carbons (Fsp3) is 0.263. The topological polar surface area (TPSA) is 75.6 Å². The zero-order chi connectivity index (χ0) is 17.6. The molecule has 0 saturated carbocycles. The Morgan fingerprint density at radius 1 is 1.04 bits per heavy atom. The number of hydrogen-bond donors (Lipinski definition) is 2. The summed E-state index contributed by atoms with van der Waals surface area (Å²) >= 11 is 1.26. The number of carboxylic acid groups (broad SMARTS) is 1. The van der Waals surface area contributed by atoms with E-state index in [9.17, 15) is 9.59 Å². The third-order valence-corrected chi connectivity index (χ3v) is 5.03. The standard InChI is InChI=1S/C19H19NO4S/c21-18(22)12-25-10-9-20-19(23)24-11-17-15-7-3-1-5-13(15)14-6-2-4-8-16(14)17/h1-8,17H,9-12H2,(H,20,23)(H,21,22). The van der Waals surface area contributed by atoms with Gasteiger partial charge in [-0.25, -0.2) is 4.79 Å². The van der Waals surface area contributed by atoms with Crippen molar-refractivity contribution in [1.82, 2.24) is 5.32 Å². The van der Waals surface area contributed by atoms with Crippen molar-refractivity contribution in [2.45, 2.75) is 5.92 Å². The Kier molecular flexibility index (Phi) is 5.60. The third-order valence-electron chi connectivity index (χ3n) is 4.08. The second kappa shape index (κ2) is 8.07. The van der Waals surface area contributed by atoms with E-state index in [4.69, 9.17) is 9.84 Å². The average molecular weight is 357 g/mol. The second-order valence-electron chi connectivity index (χ2n) is 5.70. The highest BCUT2D eigenvalue weighted by molar-refractivity contribution is 7.99. The Bertz CT molecular complexity index is 732. The van der Waals surface area contributed by atoms with Gasteiger partial charge in [-0.1, -0.05) is 48.5 Å². The van der Waals surface area contributed by atoms with E-state index < -0.39 is 12.1 Å². The molecule has 2 aromatic rings. The maximum absolute atomic E-state index is 11.9. The molecule has 1 amide bonds. The number of carbonyl (C=O) groups is 2. The number of rotatable bonds is 7. The second-order valence-corrected chi connectivity index (χ2v) is 6.80. The number of aliphatic carboxylic acids is 1. The molecule has 130 valence electrons. The van der Waals surface area contributed by atoms with Gasteiger partial charge >= 0.3 is 12.1 Å². The highest BCUT2D eigenvalue weighted by Crippen LogP contribution is 2.44. The zero-order valence-corrected chi connectivity index (χ0v) is 14.4. The van der Waals surface area contributed by atoms with Crippen molar-refractivity contribution in [3.8, 4) is 11.1 Å². The van der Waals surface area contributed by atoms with E-state index in [1.165, 1.54) is 34.0 Å². The number of carboxylic acids is 1. The normalized spacial score (nSPS) is 12.3. The van der Waals surface area contributed by atoms with Crippen molar-refractivity contribution in [3.63, 3.8) is 0 Å². The van der Waals surface area contributed by atoms with Crippen LogP contribution in [-0.4, -0.2) is 41.8 Å². The van der Waals surface area contributed by atoms with E-state index in [0.29, 0.717) is 12.3 Å². The van der Waals surface area contributed by atoms with Crippen LogP contribution in [0.15, 0.2) is 48.5 Å². The lowest BCUT2D eigenvalue weighted by molar-refractivity contribution is -0.133. The molecule has 0 heterocycles. The van der Waals surface area contributed by atoms with Gasteiger partial charge in [0.05, 0.1) is 5.75 Å². The van der Waals surface area contributed by atoms with Gasteiger partial charge in [0.1, 0.15) is 6.61 Å². The SMILES string of the molecule is O=C(O)CSCCNC(=O)OCC1c2ccccc2-c2ccccc21. The minimum Gasteiger partial charge on any atom is -0.481 e. The smallest absolute Gasteiger partial charge is 0.407 e. The van der Waals surface area contributed by atoms with Crippen LogP contribution in [0.2, 0.25) is 0 Å². The van der Waals surface area contributed by atoms with Crippen LogP contribution in [0.4, 0.5) is 4.79 Å². The van der Waals surface area contributed by atoms with Crippen molar-refractivity contribution >= 4 is 23.8 Å². The summed E-state index contributed by atoms with van der Waals surface area (Å²) in [6, 6.07) is 16.4. The first kappa shape index (κ1) is 17.4. The molecule has 2 N–H and O–H groups in total. The Morgan fingerprint density at radius 2 is 1.64 bits per heavy atom. The number of amides is 1. The average Bonchev–Trinajstić information content (AvgIpc) is 2.93. The molecule has 1 aliphatic rings. The van der Waals surface area contributed by atoms with Gasteiger partial charge in [-0.15, -0.1) is 11.8 Å². The molecule has 0 fully saturated rings. The largest absolute Gasteiger partial charge is 0.481 e. The lowest BCUT2D eigenvalue weighted by atomic mass is 9.98. The van der Waals surface area contributed by atoms with E-state index >= 15 is 0 Å². The maximum Gasteiger partial charge on any atom is 0.407 e.